The Labute approximate surface area is 176 Å². The van der Waals surface area contributed by atoms with Gasteiger partial charge in [0.25, 0.3) is 0 Å². The topological polar surface area (TPSA) is 78.2 Å². The van der Waals surface area contributed by atoms with Crippen molar-refractivity contribution in [3.05, 3.63) is 47.0 Å². The number of morpholine rings is 1. The van der Waals surface area contributed by atoms with E-state index in [1.54, 1.807) is 0 Å². The molecule has 0 amide bonds. The van der Waals surface area contributed by atoms with Gasteiger partial charge < -0.3 is 9.64 Å². The summed E-state index contributed by atoms with van der Waals surface area (Å²) >= 11 is 6.04. The zero-order valence-corrected chi connectivity index (χ0v) is 17.3. The van der Waals surface area contributed by atoms with Crippen LogP contribution in [0.3, 0.4) is 0 Å². The third-order valence-electron chi connectivity index (χ3n) is 5.77. The molecule has 0 bridgehead atoms. The van der Waals surface area contributed by atoms with Gasteiger partial charge in [-0.3, -0.25) is 4.90 Å². The molecule has 29 heavy (non-hydrogen) atoms. The number of hydrogen-bond acceptors (Lipinski definition) is 7. The maximum Gasteiger partial charge on any atom is 0.236 e. The fourth-order valence-electron chi connectivity index (χ4n) is 4.28. The summed E-state index contributed by atoms with van der Waals surface area (Å²) in [5.41, 5.74) is 1.29. The van der Waals surface area contributed by atoms with Crippen LogP contribution < -0.4 is 4.90 Å². The maximum absolute atomic E-state index is 9.02. The highest BCUT2D eigenvalue weighted by molar-refractivity contribution is 6.30. The van der Waals surface area contributed by atoms with Gasteiger partial charge in [0.2, 0.25) is 11.8 Å². The summed E-state index contributed by atoms with van der Waals surface area (Å²) < 4.78 is 5.99. The van der Waals surface area contributed by atoms with Crippen LogP contribution in [0.15, 0.2) is 30.6 Å². The third kappa shape index (κ3) is 4.84. The molecule has 0 N–H and O–H groups in total. The van der Waals surface area contributed by atoms with Gasteiger partial charge in [-0.2, -0.15) is 10.2 Å². The number of piperidine rings is 1. The fourth-order valence-corrected chi connectivity index (χ4v) is 4.40. The first-order valence-electron chi connectivity index (χ1n) is 10.1. The normalized spacial score (nSPS) is 23.7. The minimum absolute atomic E-state index is 0.169. The first-order valence-corrected chi connectivity index (χ1v) is 10.5. The summed E-state index contributed by atoms with van der Waals surface area (Å²) in [4.78, 5) is 17.1. The first kappa shape index (κ1) is 20.0. The van der Waals surface area contributed by atoms with Gasteiger partial charge in [0.1, 0.15) is 12.4 Å². The SMILES string of the molecule is C[C@H]1CN(C2CCN(c3ncnc(C#N)n3)CC2)[C@@H](Cc2ccc(Cl)cc2)CO1. The molecule has 0 spiro atoms. The number of nitriles is 1. The van der Waals surface area contributed by atoms with Crippen molar-refractivity contribution in [2.75, 3.05) is 31.1 Å². The van der Waals surface area contributed by atoms with Crippen LogP contribution in [0.1, 0.15) is 31.2 Å². The minimum Gasteiger partial charge on any atom is -0.376 e. The van der Waals surface area contributed by atoms with E-state index in [0.29, 0.717) is 18.0 Å². The van der Waals surface area contributed by atoms with Gasteiger partial charge >= 0.3 is 0 Å². The molecule has 2 fully saturated rings. The van der Waals surface area contributed by atoms with Crippen LogP contribution in [0, 0.1) is 11.3 Å². The minimum atomic E-state index is 0.169. The lowest BCUT2D eigenvalue weighted by molar-refractivity contribution is -0.0745. The predicted octanol–water partition coefficient (Wildman–Crippen LogP) is 2.70. The molecule has 1 aromatic carbocycles. The number of benzene rings is 1. The van der Waals surface area contributed by atoms with E-state index in [9.17, 15) is 0 Å². The maximum atomic E-state index is 9.02. The molecule has 0 aliphatic carbocycles. The molecule has 2 saturated heterocycles. The Morgan fingerprint density at radius 2 is 1.97 bits per heavy atom. The van der Waals surface area contributed by atoms with E-state index in [4.69, 9.17) is 21.6 Å². The van der Waals surface area contributed by atoms with E-state index in [2.05, 4.69) is 43.8 Å². The van der Waals surface area contributed by atoms with E-state index in [1.165, 1.54) is 11.9 Å². The Morgan fingerprint density at radius 1 is 1.21 bits per heavy atom. The molecule has 152 valence electrons. The van der Waals surface area contributed by atoms with Gasteiger partial charge in [0, 0.05) is 36.7 Å². The van der Waals surface area contributed by atoms with Crippen molar-refractivity contribution in [3.8, 4) is 6.07 Å². The van der Waals surface area contributed by atoms with Crippen LogP contribution in [0.25, 0.3) is 0 Å². The molecule has 8 heteroatoms. The second-order valence-corrected chi connectivity index (χ2v) is 8.20. The van der Waals surface area contributed by atoms with E-state index in [1.807, 2.05) is 18.2 Å². The highest BCUT2D eigenvalue weighted by atomic mass is 35.5. The summed E-state index contributed by atoms with van der Waals surface area (Å²) in [6.07, 6.45) is 4.70. The summed E-state index contributed by atoms with van der Waals surface area (Å²) in [5.74, 6) is 0.769. The van der Waals surface area contributed by atoms with Gasteiger partial charge in [-0.25, -0.2) is 9.97 Å². The Hall–Kier alpha value is -2.27. The smallest absolute Gasteiger partial charge is 0.236 e. The van der Waals surface area contributed by atoms with Gasteiger partial charge in [-0.15, -0.1) is 0 Å². The van der Waals surface area contributed by atoms with Crippen molar-refractivity contribution in [1.82, 2.24) is 19.9 Å². The zero-order chi connectivity index (χ0) is 20.2. The highest BCUT2D eigenvalue weighted by Crippen LogP contribution is 2.26. The van der Waals surface area contributed by atoms with Crippen LogP contribution in [0.2, 0.25) is 5.02 Å². The standard InChI is InChI=1S/C21H25ClN6O/c1-15-12-28(19(13-29-15)10-16-2-4-17(22)5-3-16)18-6-8-27(9-7-18)21-25-14-24-20(11-23)26-21/h2-5,14-15,18-19H,6-10,12-13H2,1H3/t15-,19-/m0/s1. The highest BCUT2D eigenvalue weighted by Gasteiger charge is 2.34. The molecular formula is C21H25ClN6O. The van der Waals surface area contributed by atoms with Crippen molar-refractivity contribution in [3.63, 3.8) is 0 Å². The summed E-state index contributed by atoms with van der Waals surface area (Å²) in [5, 5.41) is 9.78. The van der Waals surface area contributed by atoms with Crippen molar-refractivity contribution >= 4 is 17.5 Å². The van der Waals surface area contributed by atoms with Crippen molar-refractivity contribution in [1.29, 1.82) is 5.26 Å². The molecule has 4 rings (SSSR count). The van der Waals surface area contributed by atoms with E-state index in [0.717, 1.165) is 50.5 Å². The summed E-state index contributed by atoms with van der Waals surface area (Å²) in [6.45, 7) is 5.60. The monoisotopic (exact) mass is 412 g/mol. The Morgan fingerprint density at radius 3 is 2.69 bits per heavy atom. The average Bonchev–Trinajstić information content (AvgIpc) is 2.76. The molecule has 2 aromatic rings. The second kappa shape index (κ2) is 9.04. The molecule has 2 aliphatic heterocycles. The van der Waals surface area contributed by atoms with Gasteiger partial charge in [-0.1, -0.05) is 23.7 Å². The molecule has 0 saturated carbocycles. The Kier molecular flexibility index (Phi) is 6.24. The van der Waals surface area contributed by atoms with Crippen LogP contribution >= 0.6 is 11.6 Å². The molecule has 2 atom stereocenters. The number of aromatic nitrogens is 3. The molecular weight excluding hydrogens is 388 g/mol. The predicted molar refractivity (Wildman–Crippen MR) is 111 cm³/mol. The van der Waals surface area contributed by atoms with E-state index < -0.39 is 0 Å². The number of halogens is 1. The quantitative estimate of drug-likeness (QED) is 0.763. The number of anilines is 1. The van der Waals surface area contributed by atoms with Gasteiger partial charge in [-0.05, 0) is 43.9 Å². The van der Waals surface area contributed by atoms with Crippen LogP contribution in [0.5, 0.6) is 0 Å². The van der Waals surface area contributed by atoms with Crippen molar-refractivity contribution < 1.29 is 4.74 Å². The first-order chi connectivity index (χ1) is 14.1. The number of ether oxygens (including phenoxy) is 1. The largest absolute Gasteiger partial charge is 0.376 e. The molecule has 0 unspecified atom stereocenters. The summed E-state index contributed by atoms with van der Waals surface area (Å²) in [6, 6.07) is 11.0. The molecule has 7 nitrogen and oxygen atoms in total. The average molecular weight is 413 g/mol. The van der Waals surface area contributed by atoms with E-state index in [-0.39, 0.29) is 11.9 Å². The fraction of sp³-hybridized carbons (Fsp3) is 0.524. The van der Waals surface area contributed by atoms with Crippen molar-refractivity contribution in [2.45, 2.75) is 44.4 Å². The van der Waals surface area contributed by atoms with Crippen molar-refractivity contribution in [2.24, 2.45) is 0 Å². The second-order valence-electron chi connectivity index (χ2n) is 7.76. The van der Waals surface area contributed by atoms with Gasteiger partial charge in [0.15, 0.2) is 0 Å². The Bertz CT molecular complexity index is 862. The molecule has 1 aromatic heterocycles. The zero-order valence-electron chi connectivity index (χ0n) is 16.5. The van der Waals surface area contributed by atoms with Gasteiger partial charge in [0.05, 0.1) is 12.7 Å². The summed E-state index contributed by atoms with van der Waals surface area (Å²) in [7, 11) is 0. The molecule has 3 heterocycles. The molecule has 0 radical (unpaired) electrons. The van der Waals surface area contributed by atoms with Crippen LogP contribution in [0.4, 0.5) is 5.95 Å². The third-order valence-corrected chi connectivity index (χ3v) is 6.02. The lowest BCUT2D eigenvalue weighted by Gasteiger charge is -2.46. The van der Waals surface area contributed by atoms with Crippen LogP contribution in [-0.4, -0.2) is 64.3 Å². The lowest BCUT2D eigenvalue weighted by atomic mass is 9.96. The number of hydrogen-bond donors (Lipinski definition) is 0. The Balaban J connectivity index is 1.41. The molecule has 2 aliphatic rings. The number of nitrogens with zero attached hydrogens (tertiary/aromatic N) is 6. The van der Waals surface area contributed by atoms with E-state index >= 15 is 0 Å². The number of rotatable bonds is 4. The lowest BCUT2D eigenvalue weighted by Crippen LogP contribution is -2.56. The van der Waals surface area contributed by atoms with Crippen LogP contribution in [-0.2, 0) is 11.2 Å².